The molecule has 9 heteroatoms. The van der Waals surface area contributed by atoms with Crippen LogP contribution in [0.3, 0.4) is 0 Å². The first-order valence-corrected chi connectivity index (χ1v) is 12.0. The largest absolute Gasteiger partial charge is 0.492 e. The molecule has 2 aromatic rings. The molecule has 34 heavy (non-hydrogen) atoms. The van der Waals surface area contributed by atoms with E-state index in [1.54, 1.807) is 6.20 Å². The number of amides is 1. The van der Waals surface area contributed by atoms with E-state index in [2.05, 4.69) is 22.1 Å². The molecule has 1 aromatic heterocycles. The Morgan fingerprint density at radius 3 is 2.85 bits per heavy atom. The lowest BCUT2D eigenvalue weighted by Gasteiger charge is -2.11. The third-order valence-electron chi connectivity index (χ3n) is 5.10. The number of nitrogens with zero attached hydrogens (tertiary/aromatic N) is 3. The first-order valence-electron chi connectivity index (χ1n) is 11.2. The van der Waals surface area contributed by atoms with E-state index in [9.17, 15) is 14.9 Å². The van der Waals surface area contributed by atoms with Crippen LogP contribution in [0, 0.1) is 17.2 Å². The van der Waals surface area contributed by atoms with Gasteiger partial charge in [-0.25, -0.2) is 0 Å². The zero-order valence-electron chi connectivity index (χ0n) is 19.7. The molecule has 1 amide bonds. The number of anilines is 1. The molecule has 1 aliphatic carbocycles. The highest BCUT2D eigenvalue weighted by atomic mass is 32.1. The Morgan fingerprint density at radius 2 is 2.18 bits per heavy atom. The van der Waals surface area contributed by atoms with Gasteiger partial charge in [0, 0.05) is 37.6 Å². The highest BCUT2D eigenvalue weighted by molar-refractivity contribution is 7.07. The number of ether oxygens (including phenoxy) is 1. The maximum Gasteiger partial charge on any atom is 0.277 e. The smallest absolute Gasteiger partial charge is 0.277 e. The zero-order valence-corrected chi connectivity index (χ0v) is 20.5. The number of carbonyl (C=O) groups excluding carboxylic acids is 1. The van der Waals surface area contributed by atoms with Crippen molar-refractivity contribution >= 4 is 34.4 Å². The molecular formula is C25H29N5O3S. The minimum atomic E-state index is -0.465. The van der Waals surface area contributed by atoms with Crippen LogP contribution < -0.4 is 30.1 Å². The molecule has 1 aliphatic rings. The van der Waals surface area contributed by atoms with Crippen LogP contribution >= 0.6 is 11.3 Å². The van der Waals surface area contributed by atoms with Crippen LogP contribution in [0.2, 0.25) is 0 Å². The molecule has 8 nitrogen and oxygen atoms in total. The van der Waals surface area contributed by atoms with Gasteiger partial charge in [-0.2, -0.15) is 5.26 Å². The van der Waals surface area contributed by atoms with Crippen molar-refractivity contribution in [1.29, 1.82) is 5.26 Å². The van der Waals surface area contributed by atoms with Gasteiger partial charge in [-0.3, -0.25) is 14.2 Å². The highest BCUT2D eigenvalue weighted by Gasteiger charge is 2.22. The zero-order chi connectivity index (χ0) is 24.5. The normalized spacial score (nSPS) is 12.3. The van der Waals surface area contributed by atoms with E-state index in [-0.39, 0.29) is 11.1 Å². The van der Waals surface area contributed by atoms with Gasteiger partial charge in [0.15, 0.2) is 5.57 Å². The van der Waals surface area contributed by atoms with Crippen molar-refractivity contribution in [1.82, 2.24) is 14.8 Å². The monoisotopic (exact) mass is 479 g/mol. The van der Waals surface area contributed by atoms with Crippen LogP contribution in [0.25, 0.3) is 11.5 Å². The molecule has 1 saturated carbocycles. The summed E-state index contributed by atoms with van der Waals surface area (Å²) in [7, 11) is 3.98. The third-order valence-corrected chi connectivity index (χ3v) is 6.11. The first-order chi connectivity index (χ1) is 16.4. The molecule has 0 bridgehead atoms. The molecule has 0 spiro atoms. The van der Waals surface area contributed by atoms with E-state index in [0.717, 1.165) is 42.2 Å². The molecule has 1 heterocycles. The summed E-state index contributed by atoms with van der Waals surface area (Å²) in [6, 6.07) is 9.42. The maximum atomic E-state index is 12.8. The molecule has 178 valence electrons. The summed E-state index contributed by atoms with van der Waals surface area (Å²) in [5, 5.41) is 15.3. The quantitative estimate of drug-likeness (QED) is 0.393. The molecule has 0 atom stereocenters. The summed E-state index contributed by atoms with van der Waals surface area (Å²) >= 11 is 1.14. The number of carbonyl (C=O) groups is 1. The van der Waals surface area contributed by atoms with Crippen LogP contribution in [0.1, 0.15) is 19.8 Å². The summed E-state index contributed by atoms with van der Waals surface area (Å²) in [4.78, 5) is 27.1. The molecular weight excluding hydrogens is 450 g/mol. The van der Waals surface area contributed by atoms with Gasteiger partial charge in [-0.1, -0.05) is 28.9 Å². The summed E-state index contributed by atoms with van der Waals surface area (Å²) in [5.74, 6) is 0.785. The van der Waals surface area contributed by atoms with Crippen molar-refractivity contribution in [3.05, 3.63) is 55.6 Å². The van der Waals surface area contributed by atoms with Crippen LogP contribution in [-0.2, 0) is 11.3 Å². The van der Waals surface area contributed by atoms with Crippen LogP contribution in [0.15, 0.2) is 40.8 Å². The SMILES string of the molecule is CCn1c(=C=C(C#N)C(=O)NCC2CC2)sc(=C=CNc2cccc(OCCN(C)C)c2)c1=O. The van der Waals surface area contributed by atoms with Crippen LogP contribution in [-0.4, -0.2) is 49.2 Å². The standard InChI is InChI=1S/C25H29N5O3S/c1-4-30-23(14-19(16-26)24(31)28-17-18-8-9-18)34-22(25(30)32)10-11-27-20-6-5-7-21(15-20)33-13-12-29(2)3/h5-7,11,15,18,27H,4,8-9,12-13,17H2,1-3H3,(H,28,31). The fourth-order valence-corrected chi connectivity index (χ4v) is 3.96. The molecule has 0 radical (unpaired) electrons. The molecule has 0 saturated heterocycles. The van der Waals surface area contributed by atoms with Crippen LogP contribution in [0.5, 0.6) is 5.75 Å². The number of benzene rings is 1. The van der Waals surface area contributed by atoms with Gasteiger partial charge < -0.3 is 20.3 Å². The highest BCUT2D eigenvalue weighted by Crippen LogP contribution is 2.27. The predicted molar refractivity (Wildman–Crippen MR) is 134 cm³/mol. The molecule has 2 N–H and O–H groups in total. The average Bonchev–Trinajstić information content (AvgIpc) is 3.60. The van der Waals surface area contributed by atoms with Crippen molar-refractivity contribution in [2.24, 2.45) is 5.92 Å². The number of hydrogen-bond donors (Lipinski definition) is 2. The summed E-state index contributed by atoms with van der Waals surface area (Å²) in [6.45, 7) is 4.18. The van der Waals surface area contributed by atoms with Gasteiger partial charge in [0.1, 0.15) is 27.6 Å². The Morgan fingerprint density at radius 1 is 1.38 bits per heavy atom. The lowest BCUT2D eigenvalue weighted by atomic mass is 10.3. The number of thiazole rings is 1. The number of aromatic nitrogens is 1. The van der Waals surface area contributed by atoms with E-state index in [4.69, 9.17) is 4.74 Å². The van der Waals surface area contributed by atoms with Gasteiger partial charge in [-0.05, 0) is 51.9 Å². The molecule has 1 fully saturated rings. The van der Waals surface area contributed by atoms with Gasteiger partial charge in [-0.15, -0.1) is 0 Å². The fraction of sp³-hybridized carbons (Fsp3) is 0.400. The van der Waals surface area contributed by atoms with Crippen molar-refractivity contribution in [2.75, 3.05) is 39.1 Å². The minimum absolute atomic E-state index is 0.135. The van der Waals surface area contributed by atoms with E-state index < -0.39 is 5.91 Å². The third kappa shape index (κ3) is 7.24. The number of rotatable bonds is 10. The van der Waals surface area contributed by atoms with Crippen LogP contribution in [0.4, 0.5) is 5.69 Å². The lowest BCUT2D eigenvalue weighted by molar-refractivity contribution is -0.117. The Balaban J connectivity index is 1.84. The second-order valence-corrected chi connectivity index (χ2v) is 9.16. The Labute approximate surface area is 202 Å². The first kappa shape index (κ1) is 25.1. The van der Waals surface area contributed by atoms with Crippen molar-refractivity contribution in [3.8, 4) is 11.8 Å². The summed E-state index contributed by atoms with van der Waals surface area (Å²) < 4.78 is 7.98. The van der Waals surface area contributed by atoms with Gasteiger partial charge in [0.2, 0.25) is 0 Å². The molecule has 3 rings (SSSR count). The second-order valence-electron chi connectivity index (χ2n) is 8.16. The topological polar surface area (TPSA) is 99.4 Å². The van der Waals surface area contributed by atoms with Gasteiger partial charge >= 0.3 is 0 Å². The Bertz CT molecular complexity index is 1320. The van der Waals surface area contributed by atoms with E-state index in [1.807, 2.05) is 56.3 Å². The van der Waals surface area contributed by atoms with Gasteiger partial charge in [0.05, 0.1) is 0 Å². The Kier molecular flexibility index (Phi) is 8.92. The summed E-state index contributed by atoms with van der Waals surface area (Å²) in [5.41, 5.74) is 6.22. The predicted octanol–water partition coefficient (Wildman–Crippen LogP) is 1.23. The average molecular weight is 480 g/mol. The lowest BCUT2D eigenvalue weighted by Crippen LogP contribution is -2.30. The number of nitriles is 1. The fourth-order valence-electron chi connectivity index (χ4n) is 2.98. The summed E-state index contributed by atoms with van der Waals surface area (Å²) in [6.07, 6.45) is 3.76. The Hall–Kier alpha value is -3.53. The number of hydrogen-bond acceptors (Lipinski definition) is 7. The van der Waals surface area contributed by atoms with Gasteiger partial charge in [0.25, 0.3) is 11.5 Å². The van der Waals surface area contributed by atoms with E-state index in [1.165, 1.54) is 4.57 Å². The second kappa shape index (κ2) is 12.1. The molecule has 1 aromatic carbocycles. The molecule has 0 aliphatic heterocycles. The van der Waals surface area contributed by atoms with E-state index in [0.29, 0.717) is 34.8 Å². The van der Waals surface area contributed by atoms with E-state index >= 15 is 0 Å². The number of nitrogens with one attached hydrogen (secondary N) is 2. The number of likely N-dealkylation sites (N-methyl/N-ethyl adjacent to an activating group) is 1. The van der Waals surface area contributed by atoms with Crippen molar-refractivity contribution in [3.63, 3.8) is 0 Å². The maximum absolute atomic E-state index is 12.8. The molecule has 0 unspecified atom stereocenters. The van der Waals surface area contributed by atoms with Crippen molar-refractivity contribution < 1.29 is 9.53 Å². The van der Waals surface area contributed by atoms with Crippen molar-refractivity contribution in [2.45, 2.75) is 26.3 Å². The minimum Gasteiger partial charge on any atom is -0.492 e.